The number of benzene rings is 1. The van der Waals surface area contributed by atoms with Gasteiger partial charge in [0.15, 0.2) is 11.6 Å². The number of hydrogen-bond acceptors (Lipinski definition) is 6. The van der Waals surface area contributed by atoms with Crippen LogP contribution in [0.5, 0.6) is 0 Å². The minimum atomic E-state index is -0.422. The average molecular weight is 399 g/mol. The molecule has 27 heavy (non-hydrogen) atoms. The van der Waals surface area contributed by atoms with Gasteiger partial charge >= 0.3 is 0 Å². The van der Waals surface area contributed by atoms with Gasteiger partial charge in [0, 0.05) is 21.7 Å². The van der Waals surface area contributed by atoms with E-state index >= 15 is 0 Å². The first-order chi connectivity index (χ1) is 13.0. The highest BCUT2D eigenvalue weighted by atomic mass is 35.5. The molecule has 0 saturated carbocycles. The van der Waals surface area contributed by atoms with E-state index in [-0.39, 0.29) is 5.91 Å². The Kier molecular flexibility index (Phi) is 5.74. The Morgan fingerprint density at radius 3 is 2.81 bits per heavy atom. The summed E-state index contributed by atoms with van der Waals surface area (Å²) in [6.45, 7) is 1.81. The minimum Gasteiger partial charge on any atom is -0.342 e. The van der Waals surface area contributed by atoms with E-state index in [0.717, 1.165) is 4.90 Å². The van der Waals surface area contributed by atoms with Crippen LogP contribution in [0.4, 0.5) is 0 Å². The molecule has 0 unspecified atom stereocenters. The van der Waals surface area contributed by atoms with Gasteiger partial charge in [0.05, 0.1) is 11.6 Å². The molecule has 0 bridgehead atoms. The predicted octanol–water partition coefficient (Wildman–Crippen LogP) is 3.40. The molecule has 0 aliphatic carbocycles. The van der Waals surface area contributed by atoms with E-state index in [1.165, 1.54) is 29.0 Å². The van der Waals surface area contributed by atoms with Gasteiger partial charge in [-0.1, -0.05) is 11.6 Å². The van der Waals surface area contributed by atoms with Crippen molar-refractivity contribution in [1.29, 1.82) is 5.26 Å². The molecule has 3 aromatic rings. The third-order valence-corrected chi connectivity index (χ3v) is 4.70. The number of amides is 1. The van der Waals surface area contributed by atoms with Gasteiger partial charge in [0.2, 0.25) is 0 Å². The molecule has 0 radical (unpaired) electrons. The number of halogens is 1. The quantitative estimate of drug-likeness (QED) is 0.661. The second-order valence-electron chi connectivity index (χ2n) is 5.62. The normalized spacial score (nSPS) is 11.6. The van der Waals surface area contributed by atoms with Gasteiger partial charge in [-0.05, 0) is 43.5 Å². The molecule has 2 heterocycles. The van der Waals surface area contributed by atoms with E-state index in [4.69, 9.17) is 16.9 Å². The smallest absolute Gasteiger partial charge is 0.251 e. The first-order valence-corrected chi connectivity index (χ1v) is 9.54. The highest BCUT2D eigenvalue weighted by Crippen LogP contribution is 2.23. The second-order valence-corrected chi connectivity index (χ2v) is 6.94. The number of thioether (sulfide) groups is 1. The van der Waals surface area contributed by atoms with Crippen molar-refractivity contribution in [1.82, 2.24) is 25.1 Å². The lowest BCUT2D eigenvalue weighted by Gasteiger charge is -2.15. The van der Waals surface area contributed by atoms with E-state index in [1.54, 1.807) is 30.3 Å². The summed E-state index contributed by atoms with van der Waals surface area (Å²) >= 11 is 7.60. The van der Waals surface area contributed by atoms with E-state index in [0.29, 0.717) is 27.8 Å². The van der Waals surface area contributed by atoms with Gasteiger partial charge in [0.25, 0.3) is 5.91 Å². The molecule has 0 saturated heterocycles. The number of hydrogen-bond donors (Lipinski definition) is 1. The fourth-order valence-electron chi connectivity index (χ4n) is 2.46. The van der Waals surface area contributed by atoms with Crippen molar-refractivity contribution in [2.75, 3.05) is 6.26 Å². The number of pyridine rings is 1. The highest BCUT2D eigenvalue weighted by molar-refractivity contribution is 7.98. The van der Waals surface area contributed by atoms with Crippen LogP contribution >= 0.6 is 23.4 Å². The first-order valence-electron chi connectivity index (χ1n) is 7.93. The van der Waals surface area contributed by atoms with E-state index in [9.17, 15) is 4.79 Å². The standard InChI is InChI=1S/C18H15ClN6OS/c1-11(24-18(26)13-5-14(19)7-15(6-13)27-2)17-22-10-23-25(17)16-4-3-12(8-20)9-21-16/h3-7,9-11H,1-2H3,(H,24,26)/t11-/m1/s1. The number of carbonyl (C=O) groups is 1. The maximum Gasteiger partial charge on any atom is 0.251 e. The fraction of sp³-hybridized carbons (Fsp3) is 0.167. The topological polar surface area (TPSA) is 96.5 Å². The molecule has 0 aliphatic rings. The van der Waals surface area contributed by atoms with Crippen molar-refractivity contribution < 1.29 is 4.79 Å². The van der Waals surface area contributed by atoms with Crippen LogP contribution in [0.15, 0.2) is 47.8 Å². The lowest BCUT2D eigenvalue weighted by Crippen LogP contribution is -2.28. The number of nitriles is 1. The van der Waals surface area contributed by atoms with Crippen LogP contribution in [0.3, 0.4) is 0 Å². The monoisotopic (exact) mass is 398 g/mol. The Hall–Kier alpha value is -2.89. The average Bonchev–Trinajstić information content (AvgIpc) is 3.17. The molecule has 0 aliphatic heterocycles. The summed E-state index contributed by atoms with van der Waals surface area (Å²) in [6.07, 6.45) is 4.77. The lowest BCUT2D eigenvalue weighted by atomic mass is 10.2. The van der Waals surface area contributed by atoms with E-state index < -0.39 is 6.04 Å². The summed E-state index contributed by atoms with van der Waals surface area (Å²) in [6, 6.07) is 10.1. The Labute approximate surface area is 165 Å². The maximum atomic E-state index is 12.6. The highest BCUT2D eigenvalue weighted by Gasteiger charge is 2.18. The summed E-state index contributed by atoms with van der Waals surface area (Å²) in [5.74, 6) is 0.769. The van der Waals surface area contributed by atoms with Crippen LogP contribution in [0, 0.1) is 11.3 Å². The molecule has 136 valence electrons. The van der Waals surface area contributed by atoms with Crippen molar-refractivity contribution in [2.45, 2.75) is 17.9 Å². The zero-order valence-electron chi connectivity index (χ0n) is 14.5. The maximum absolute atomic E-state index is 12.6. The Morgan fingerprint density at radius 2 is 2.15 bits per heavy atom. The largest absolute Gasteiger partial charge is 0.342 e. The molecule has 0 fully saturated rings. The van der Waals surface area contributed by atoms with E-state index in [2.05, 4.69) is 20.4 Å². The number of carbonyl (C=O) groups excluding carboxylic acids is 1. The minimum absolute atomic E-state index is 0.261. The molecule has 1 amide bonds. The van der Waals surface area contributed by atoms with Gasteiger partial charge in [-0.25, -0.2) is 9.97 Å². The number of nitrogens with zero attached hydrogens (tertiary/aromatic N) is 5. The predicted molar refractivity (Wildman–Crippen MR) is 103 cm³/mol. The summed E-state index contributed by atoms with van der Waals surface area (Å²) in [4.78, 5) is 22.0. The van der Waals surface area contributed by atoms with Gasteiger partial charge in [-0.15, -0.1) is 11.8 Å². The Bertz CT molecular complexity index is 1010. The first kappa shape index (κ1) is 18.9. The molecule has 1 atom stereocenters. The third kappa shape index (κ3) is 4.27. The van der Waals surface area contributed by atoms with Crippen LogP contribution in [0.2, 0.25) is 5.02 Å². The van der Waals surface area contributed by atoms with Crippen LogP contribution in [-0.2, 0) is 0 Å². The SMILES string of the molecule is CSc1cc(Cl)cc(C(=O)N[C@H](C)c2ncnn2-c2ccc(C#N)cn2)c1. The van der Waals surface area contributed by atoms with Crippen LogP contribution < -0.4 is 5.32 Å². The Balaban J connectivity index is 1.82. The fourth-order valence-corrected chi connectivity index (χ4v) is 3.25. The number of rotatable bonds is 5. The molecular formula is C18H15ClN6OS. The molecular weight excluding hydrogens is 384 g/mol. The molecule has 2 aromatic heterocycles. The summed E-state index contributed by atoms with van der Waals surface area (Å²) < 4.78 is 1.53. The van der Waals surface area contributed by atoms with Crippen molar-refractivity contribution in [2.24, 2.45) is 0 Å². The summed E-state index contributed by atoms with van der Waals surface area (Å²) in [5, 5.41) is 16.5. The molecule has 7 nitrogen and oxygen atoms in total. The van der Waals surface area contributed by atoms with Gasteiger partial charge < -0.3 is 5.32 Å². The zero-order chi connectivity index (χ0) is 19.4. The number of aromatic nitrogens is 4. The van der Waals surface area contributed by atoms with Crippen LogP contribution in [-0.4, -0.2) is 31.9 Å². The van der Waals surface area contributed by atoms with Crippen LogP contribution in [0.25, 0.3) is 5.82 Å². The number of nitrogens with one attached hydrogen (secondary N) is 1. The van der Waals surface area contributed by atoms with Crippen molar-refractivity contribution in [3.63, 3.8) is 0 Å². The summed E-state index contributed by atoms with van der Waals surface area (Å²) in [7, 11) is 0. The van der Waals surface area contributed by atoms with E-state index in [1.807, 2.05) is 19.2 Å². The van der Waals surface area contributed by atoms with Crippen molar-refractivity contribution >= 4 is 29.3 Å². The van der Waals surface area contributed by atoms with Crippen molar-refractivity contribution in [3.05, 3.63) is 64.8 Å². The molecule has 3 rings (SSSR count). The molecule has 9 heteroatoms. The second kappa shape index (κ2) is 8.20. The lowest BCUT2D eigenvalue weighted by molar-refractivity contribution is 0.0937. The zero-order valence-corrected chi connectivity index (χ0v) is 16.1. The molecule has 1 N–H and O–H groups in total. The molecule has 1 aromatic carbocycles. The van der Waals surface area contributed by atoms with Crippen molar-refractivity contribution in [3.8, 4) is 11.9 Å². The Morgan fingerprint density at radius 1 is 1.33 bits per heavy atom. The van der Waals surface area contributed by atoms with Gasteiger partial charge in [0.1, 0.15) is 12.4 Å². The van der Waals surface area contributed by atoms with Crippen LogP contribution in [0.1, 0.15) is 34.7 Å². The van der Waals surface area contributed by atoms with Gasteiger partial charge in [-0.2, -0.15) is 15.0 Å². The van der Waals surface area contributed by atoms with Gasteiger partial charge in [-0.3, -0.25) is 4.79 Å². The molecule has 0 spiro atoms. The summed E-state index contributed by atoms with van der Waals surface area (Å²) in [5.41, 5.74) is 0.925. The third-order valence-electron chi connectivity index (χ3n) is 3.77.